The van der Waals surface area contributed by atoms with Crippen LogP contribution in [0, 0.1) is 11.6 Å². The molecule has 1 rings (SSSR count). The van der Waals surface area contributed by atoms with Crippen molar-refractivity contribution >= 4 is 49.4 Å². The predicted octanol–water partition coefficient (Wildman–Crippen LogP) is 10.1. The summed E-state index contributed by atoms with van der Waals surface area (Å²) in [6, 6.07) is 3.42. The van der Waals surface area contributed by atoms with Crippen LogP contribution in [0.2, 0.25) is 6.86 Å². The first kappa shape index (κ1) is 34.7. The topological polar surface area (TPSA) is 0 Å². The number of halogens is 2. The predicted molar refractivity (Wildman–Crippen MR) is 160 cm³/mol. The SMILES string of the molecule is CCCC[C](CCCC)(CCCC)[Sn][c]1cc(F)[c]([Sn][C](CCCC)(CCCC)CCCC)cc1F. The van der Waals surface area contributed by atoms with Crippen molar-refractivity contribution in [1.29, 1.82) is 0 Å². The monoisotopic (exact) mass is 718 g/mol. The molecule has 1 aromatic carbocycles. The van der Waals surface area contributed by atoms with Crippen molar-refractivity contribution in [2.45, 2.75) is 164 Å². The first-order valence-electron chi connectivity index (χ1n) is 15.4. The molecule has 0 fully saturated rings. The zero-order valence-electron chi connectivity index (χ0n) is 24.6. The van der Waals surface area contributed by atoms with Crippen LogP contribution >= 0.6 is 0 Å². The summed E-state index contributed by atoms with van der Waals surface area (Å²) < 4.78 is 33.7. The Morgan fingerprint density at radius 3 is 0.889 bits per heavy atom. The zero-order valence-corrected chi connectivity index (χ0v) is 30.3. The van der Waals surface area contributed by atoms with Crippen LogP contribution in [0.3, 0.4) is 0 Å². The van der Waals surface area contributed by atoms with E-state index in [4.69, 9.17) is 0 Å². The molecule has 0 N–H and O–H groups in total. The molecule has 0 saturated carbocycles. The fourth-order valence-corrected chi connectivity index (χ4v) is 16.2. The fraction of sp³-hybridized carbons (Fsp3) is 0.812. The molecular weight excluding hydrogens is 660 g/mol. The van der Waals surface area contributed by atoms with Crippen LogP contribution in [0.25, 0.3) is 0 Å². The van der Waals surface area contributed by atoms with Crippen LogP contribution in [0.4, 0.5) is 8.78 Å². The second-order valence-electron chi connectivity index (χ2n) is 11.2. The maximum atomic E-state index is 15.8. The Kier molecular flexibility index (Phi) is 19.0. The third-order valence-corrected chi connectivity index (χ3v) is 18.9. The van der Waals surface area contributed by atoms with Gasteiger partial charge in [-0.1, -0.05) is 0 Å². The zero-order chi connectivity index (χ0) is 26.9. The van der Waals surface area contributed by atoms with Gasteiger partial charge in [0.25, 0.3) is 0 Å². The molecule has 0 saturated heterocycles. The third kappa shape index (κ3) is 12.2. The molecule has 0 aliphatic rings. The molecule has 0 unspecified atom stereocenters. The Morgan fingerprint density at radius 2 is 0.694 bits per heavy atom. The van der Waals surface area contributed by atoms with Crippen molar-refractivity contribution < 1.29 is 8.78 Å². The van der Waals surface area contributed by atoms with Crippen molar-refractivity contribution in [3.63, 3.8) is 0 Å². The van der Waals surface area contributed by atoms with Crippen molar-refractivity contribution in [2.75, 3.05) is 0 Å². The summed E-state index contributed by atoms with van der Waals surface area (Å²) in [6.07, 6.45) is 21.8. The van der Waals surface area contributed by atoms with E-state index in [1.807, 2.05) is 0 Å². The molecule has 0 spiro atoms. The molecule has 0 atom stereocenters. The van der Waals surface area contributed by atoms with Crippen LogP contribution in [0.1, 0.15) is 157 Å². The Hall–Kier alpha value is 0.677. The van der Waals surface area contributed by atoms with Gasteiger partial charge in [0.15, 0.2) is 0 Å². The molecule has 0 aliphatic carbocycles. The molecule has 0 amide bonds. The first-order valence-corrected chi connectivity index (χ1v) is 21.1. The number of hydrogen-bond acceptors (Lipinski definition) is 0. The van der Waals surface area contributed by atoms with Gasteiger partial charge in [0, 0.05) is 0 Å². The van der Waals surface area contributed by atoms with Gasteiger partial charge in [-0.2, -0.15) is 0 Å². The average molecular weight is 716 g/mol. The molecule has 0 nitrogen and oxygen atoms in total. The molecule has 1 aromatic rings. The number of unbranched alkanes of at least 4 members (excludes halogenated alkanes) is 6. The van der Waals surface area contributed by atoms with Gasteiger partial charge in [-0.05, 0) is 0 Å². The molecular formula is C32H56F2Sn2. The van der Waals surface area contributed by atoms with Crippen LogP contribution in [-0.2, 0) is 0 Å². The van der Waals surface area contributed by atoms with Gasteiger partial charge in [0.1, 0.15) is 0 Å². The quantitative estimate of drug-likeness (QED) is 0.105. The van der Waals surface area contributed by atoms with E-state index in [1.54, 1.807) is 12.1 Å². The fourth-order valence-electron chi connectivity index (χ4n) is 5.53. The summed E-state index contributed by atoms with van der Waals surface area (Å²) in [5.41, 5.74) is 0. The number of hydrogen-bond donors (Lipinski definition) is 0. The third-order valence-electron chi connectivity index (χ3n) is 7.91. The summed E-state index contributed by atoms with van der Waals surface area (Å²) in [4.78, 5) is 0. The maximum absolute atomic E-state index is 15.8. The molecule has 0 heterocycles. The Labute approximate surface area is 244 Å². The van der Waals surface area contributed by atoms with Crippen molar-refractivity contribution in [2.24, 2.45) is 0 Å². The van der Waals surface area contributed by atoms with Gasteiger partial charge in [-0.25, -0.2) is 0 Å². The van der Waals surface area contributed by atoms with Gasteiger partial charge < -0.3 is 0 Å². The molecule has 0 aliphatic heterocycles. The second kappa shape index (κ2) is 19.7. The van der Waals surface area contributed by atoms with E-state index in [2.05, 4.69) is 41.5 Å². The summed E-state index contributed by atoms with van der Waals surface area (Å²) in [5, 5.41) is 0. The van der Waals surface area contributed by atoms with E-state index < -0.39 is 42.3 Å². The number of rotatable bonds is 22. The van der Waals surface area contributed by atoms with Crippen LogP contribution in [0.15, 0.2) is 12.1 Å². The van der Waals surface area contributed by atoms with Gasteiger partial charge >= 0.3 is 246 Å². The van der Waals surface area contributed by atoms with Gasteiger partial charge in [0.2, 0.25) is 0 Å². The van der Waals surface area contributed by atoms with Crippen LogP contribution < -0.4 is 7.16 Å². The van der Waals surface area contributed by atoms with Gasteiger partial charge in [-0.3, -0.25) is 0 Å². The Bertz CT molecular complexity index is 600. The number of benzene rings is 1. The average Bonchev–Trinajstić information content (AvgIpc) is 2.88. The van der Waals surface area contributed by atoms with Crippen molar-refractivity contribution in [1.82, 2.24) is 0 Å². The molecule has 0 aromatic heterocycles. The summed E-state index contributed by atoms with van der Waals surface area (Å²) >= 11 is -2.54. The van der Waals surface area contributed by atoms with E-state index in [-0.39, 0.29) is 18.5 Å². The van der Waals surface area contributed by atoms with E-state index in [9.17, 15) is 0 Å². The Morgan fingerprint density at radius 1 is 0.472 bits per heavy atom. The van der Waals surface area contributed by atoms with Crippen LogP contribution in [-0.4, -0.2) is 42.3 Å². The normalized spacial score (nSPS) is 12.4. The Balaban J connectivity index is 3.30. The second-order valence-corrected chi connectivity index (χ2v) is 21.8. The van der Waals surface area contributed by atoms with Gasteiger partial charge in [0.05, 0.1) is 0 Å². The van der Waals surface area contributed by atoms with E-state index in [0.29, 0.717) is 0 Å². The molecule has 4 radical (unpaired) electrons. The van der Waals surface area contributed by atoms with Crippen molar-refractivity contribution in [3.8, 4) is 0 Å². The molecule has 4 heteroatoms. The summed E-state index contributed by atoms with van der Waals surface area (Å²) in [6.45, 7) is 13.6. The molecule has 36 heavy (non-hydrogen) atoms. The molecule has 206 valence electrons. The minimum atomic E-state index is -1.27. The van der Waals surface area contributed by atoms with Gasteiger partial charge in [-0.15, -0.1) is 0 Å². The van der Waals surface area contributed by atoms with E-state index in [0.717, 1.165) is 7.16 Å². The van der Waals surface area contributed by atoms with E-state index in [1.165, 1.54) is 116 Å². The minimum absolute atomic E-state index is 0.0526. The first-order chi connectivity index (χ1) is 17.3. The summed E-state index contributed by atoms with van der Waals surface area (Å²) in [5.74, 6) is -0.105. The standard InChI is InChI=1S/2C13H27.C6H2F2.2Sn/c2*1-4-7-10-13(11-8-5-2)12-9-6-3;7-5-1-2-6(8)4-3-5;;/h2*4-12H2,1-3H3;1,4H;;. The summed E-state index contributed by atoms with van der Waals surface area (Å²) in [7, 11) is 0. The van der Waals surface area contributed by atoms with E-state index >= 15 is 8.78 Å². The molecule has 0 bridgehead atoms. The van der Waals surface area contributed by atoms with Crippen LogP contribution in [0.5, 0.6) is 0 Å². The van der Waals surface area contributed by atoms with Crippen molar-refractivity contribution in [3.05, 3.63) is 23.8 Å².